The highest BCUT2D eigenvalue weighted by atomic mass is 35.5. The topological polar surface area (TPSA) is 72.6 Å². The Morgan fingerprint density at radius 3 is 2.46 bits per heavy atom. The molecule has 1 fully saturated rings. The van der Waals surface area contributed by atoms with E-state index in [0.29, 0.717) is 19.6 Å². The van der Waals surface area contributed by atoms with Gasteiger partial charge in [-0.15, -0.1) is 12.4 Å². The average molecular weight is 401 g/mol. The van der Waals surface area contributed by atoms with Crippen molar-refractivity contribution < 1.29 is 17.5 Å². The van der Waals surface area contributed by atoms with Crippen molar-refractivity contribution in [3.05, 3.63) is 59.9 Å². The third-order valence-electron chi connectivity index (χ3n) is 4.70. The molecule has 2 atom stereocenters. The maximum Gasteiger partial charge on any atom is 0.243 e. The fourth-order valence-electron chi connectivity index (χ4n) is 3.30. The first-order chi connectivity index (χ1) is 12.0. The molecule has 0 radical (unpaired) electrons. The normalized spacial score (nSPS) is 20.6. The van der Waals surface area contributed by atoms with E-state index < -0.39 is 15.8 Å². The fourth-order valence-corrected chi connectivity index (χ4v) is 4.84. The Balaban J connectivity index is 0.00000243. The van der Waals surface area contributed by atoms with Gasteiger partial charge in [0.2, 0.25) is 10.0 Å². The van der Waals surface area contributed by atoms with Gasteiger partial charge in [-0.1, -0.05) is 30.3 Å². The van der Waals surface area contributed by atoms with Crippen molar-refractivity contribution in [3.63, 3.8) is 0 Å². The number of methoxy groups -OCH3 is 1. The molecule has 0 aliphatic carbocycles. The van der Waals surface area contributed by atoms with Gasteiger partial charge < -0.3 is 10.5 Å². The van der Waals surface area contributed by atoms with Crippen LogP contribution in [0.1, 0.15) is 11.5 Å². The van der Waals surface area contributed by atoms with Gasteiger partial charge in [-0.05, 0) is 36.2 Å². The molecule has 1 aliphatic heterocycles. The highest BCUT2D eigenvalue weighted by molar-refractivity contribution is 7.89. The van der Waals surface area contributed by atoms with Gasteiger partial charge in [0.25, 0.3) is 0 Å². The summed E-state index contributed by atoms with van der Waals surface area (Å²) in [5.74, 6) is -0.621. The highest BCUT2D eigenvalue weighted by Gasteiger charge is 2.39. The number of nitrogens with two attached hydrogens (primary N) is 1. The Kier molecular flexibility index (Phi) is 6.63. The van der Waals surface area contributed by atoms with Crippen LogP contribution < -0.4 is 10.5 Å². The lowest BCUT2D eigenvalue weighted by molar-refractivity contribution is 0.385. The molecular weight excluding hydrogens is 379 g/mol. The van der Waals surface area contributed by atoms with Crippen LogP contribution in [0.2, 0.25) is 0 Å². The summed E-state index contributed by atoms with van der Waals surface area (Å²) in [6, 6.07) is 13.4. The van der Waals surface area contributed by atoms with E-state index in [4.69, 9.17) is 10.5 Å². The van der Waals surface area contributed by atoms with Crippen LogP contribution in [-0.2, 0) is 10.0 Å². The lowest BCUT2D eigenvalue weighted by atomic mass is 9.89. The molecule has 0 unspecified atom stereocenters. The number of halogens is 2. The first-order valence-corrected chi connectivity index (χ1v) is 9.50. The summed E-state index contributed by atoms with van der Waals surface area (Å²) in [5.41, 5.74) is 6.94. The molecule has 0 bridgehead atoms. The van der Waals surface area contributed by atoms with E-state index in [1.807, 2.05) is 30.3 Å². The molecule has 2 aromatic rings. The molecule has 0 spiro atoms. The minimum atomic E-state index is -3.79. The number of ether oxygens (including phenoxy) is 1. The number of hydrogen-bond acceptors (Lipinski definition) is 4. The maximum atomic E-state index is 13.9. The average Bonchev–Trinajstić information content (AvgIpc) is 3.07. The van der Waals surface area contributed by atoms with E-state index in [0.717, 1.165) is 11.6 Å². The predicted molar refractivity (Wildman–Crippen MR) is 101 cm³/mol. The molecule has 1 heterocycles. The van der Waals surface area contributed by atoms with Gasteiger partial charge in [-0.3, -0.25) is 0 Å². The van der Waals surface area contributed by atoms with E-state index in [9.17, 15) is 12.8 Å². The zero-order chi connectivity index (χ0) is 18.0. The van der Waals surface area contributed by atoms with Crippen molar-refractivity contribution >= 4 is 22.4 Å². The van der Waals surface area contributed by atoms with Gasteiger partial charge in [-0.2, -0.15) is 4.31 Å². The fraction of sp³-hybridized carbons (Fsp3) is 0.333. The van der Waals surface area contributed by atoms with E-state index in [1.54, 1.807) is 0 Å². The Bertz CT molecular complexity index is 849. The molecule has 5 nitrogen and oxygen atoms in total. The van der Waals surface area contributed by atoms with E-state index >= 15 is 0 Å². The van der Waals surface area contributed by atoms with Gasteiger partial charge in [0.1, 0.15) is 0 Å². The van der Waals surface area contributed by atoms with Gasteiger partial charge in [0.15, 0.2) is 11.6 Å². The van der Waals surface area contributed by atoms with Crippen molar-refractivity contribution in [2.75, 3.05) is 26.7 Å². The smallest absolute Gasteiger partial charge is 0.243 e. The molecule has 1 aliphatic rings. The van der Waals surface area contributed by atoms with Crippen molar-refractivity contribution in [3.8, 4) is 5.75 Å². The zero-order valence-electron chi connectivity index (χ0n) is 14.3. The van der Waals surface area contributed by atoms with Crippen LogP contribution in [0.25, 0.3) is 0 Å². The summed E-state index contributed by atoms with van der Waals surface area (Å²) >= 11 is 0. The Labute approximate surface area is 159 Å². The summed E-state index contributed by atoms with van der Waals surface area (Å²) in [6.45, 7) is 1.05. The Morgan fingerprint density at radius 2 is 1.88 bits per heavy atom. The van der Waals surface area contributed by atoms with Crippen LogP contribution in [0, 0.1) is 11.7 Å². The van der Waals surface area contributed by atoms with Crippen LogP contribution in [0.5, 0.6) is 5.75 Å². The number of nitrogens with zero attached hydrogens (tertiary/aromatic N) is 1. The van der Waals surface area contributed by atoms with Crippen LogP contribution >= 0.6 is 12.4 Å². The number of rotatable bonds is 5. The summed E-state index contributed by atoms with van der Waals surface area (Å²) in [4.78, 5) is -0.0738. The third-order valence-corrected chi connectivity index (χ3v) is 6.53. The zero-order valence-corrected chi connectivity index (χ0v) is 16.0. The third kappa shape index (κ3) is 3.86. The van der Waals surface area contributed by atoms with Crippen molar-refractivity contribution in [2.45, 2.75) is 10.8 Å². The Hall–Kier alpha value is -1.67. The van der Waals surface area contributed by atoms with Gasteiger partial charge in [-0.25, -0.2) is 12.8 Å². The van der Waals surface area contributed by atoms with Crippen molar-refractivity contribution in [2.24, 2.45) is 11.7 Å². The number of benzene rings is 2. The lowest BCUT2D eigenvalue weighted by Gasteiger charge is -2.17. The quantitative estimate of drug-likeness (QED) is 0.837. The SMILES string of the molecule is COc1ccc(S(=O)(=O)N2C[C@@H](CN)[C@H](c3ccccc3)C2)cc1F.Cl. The minimum Gasteiger partial charge on any atom is -0.494 e. The van der Waals surface area contributed by atoms with Crippen molar-refractivity contribution in [1.82, 2.24) is 4.31 Å². The summed E-state index contributed by atoms with van der Waals surface area (Å²) < 4.78 is 46.0. The second kappa shape index (κ2) is 8.35. The second-order valence-electron chi connectivity index (χ2n) is 6.13. The molecule has 0 amide bonds. The maximum absolute atomic E-state index is 13.9. The number of sulfonamides is 1. The molecule has 2 N–H and O–H groups in total. The molecule has 0 aromatic heterocycles. The molecule has 142 valence electrons. The predicted octanol–water partition coefficient (Wildman–Crippen LogP) is 2.62. The summed E-state index contributed by atoms with van der Waals surface area (Å²) in [5, 5.41) is 0. The summed E-state index contributed by atoms with van der Waals surface area (Å²) in [7, 11) is -2.45. The molecule has 2 aromatic carbocycles. The second-order valence-corrected chi connectivity index (χ2v) is 8.07. The van der Waals surface area contributed by atoms with E-state index in [1.165, 1.54) is 23.5 Å². The minimum absolute atomic E-state index is 0. The molecule has 8 heteroatoms. The monoisotopic (exact) mass is 400 g/mol. The Morgan fingerprint density at radius 1 is 1.19 bits per heavy atom. The largest absolute Gasteiger partial charge is 0.494 e. The van der Waals surface area contributed by atoms with Gasteiger partial charge >= 0.3 is 0 Å². The molecule has 3 rings (SSSR count). The first-order valence-electron chi connectivity index (χ1n) is 8.06. The first kappa shape index (κ1) is 20.6. The number of hydrogen-bond donors (Lipinski definition) is 1. The molecular formula is C18H22ClFN2O3S. The summed E-state index contributed by atoms with van der Waals surface area (Å²) in [6.07, 6.45) is 0. The lowest BCUT2D eigenvalue weighted by Crippen LogP contribution is -2.30. The van der Waals surface area contributed by atoms with Gasteiger partial charge in [0.05, 0.1) is 12.0 Å². The highest BCUT2D eigenvalue weighted by Crippen LogP contribution is 2.35. The van der Waals surface area contributed by atoms with E-state index in [2.05, 4.69) is 0 Å². The van der Waals surface area contributed by atoms with Crippen LogP contribution in [-0.4, -0.2) is 39.5 Å². The van der Waals surface area contributed by atoms with Crippen molar-refractivity contribution in [1.29, 1.82) is 0 Å². The van der Waals surface area contributed by atoms with E-state index in [-0.39, 0.29) is 34.9 Å². The standard InChI is InChI=1S/C18H21FN2O3S.ClH/c1-24-18-8-7-15(9-17(18)19)25(22,23)21-11-14(10-20)16(12-21)13-5-3-2-4-6-13;/h2-9,14,16H,10-12,20H2,1H3;1H/t14-,16+;/m1./s1. The molecule has 0 saturated carbocycles. The van der Waals surface area contributed by atoms with Crippen LogP contribution in [0.3, 0.4) is 0 Å². The molecule has 26 heavy (non-hydrogen) atoms. The van der Waals surface area contributed by atoms with Crippen LogP contribution in [0.4, 0.5) is 4.39 Å². The van der Waals surface area contributed by atoms with Gasteiger partial charge in [0, 0.05) is 19.0 Å². The van der Waals surface area contributed by atoms with Crippen LogP contribution in [0.15, 0.2) is 53.4 Å². The molecule has 1 saturated heterocycles.